The highest BCUT2D eigenvalue weighted by Crippen LogP contribution is 1.98. The lowest BCUT2D eigenvalue weighted by Gasteiger charge is -2.17. The van der Waals surface area contributed by atoms with Crippen molar-refractivity contribution in [2.45, 2.75) is 25.7 Å². The van der Waals surface area contributed by atoms with Crippen molar-refractivity contribution < 1.29 is 18.5 Å². The molecule has 0 aromatic rings. The molecule has 0 rings (SSSR count). The van der Waals surface area contributed by atoms with Crippen molar-refractivity contribution in [2.24, 2.45) is 0 Å². The van der Waals surface area contributed by atoms with Gasteiger partial charge in [-0.05, 0) is 19.7 Å². The van der Waals surface area contributed by atoms with Gasteiger partial charge in [-0.25, -0.2) is 0 Å². The topological polar surface area (TPSA) is 87.3 Å². The summed E-state index contributed by atoms with van der Waals surface area (Å²) in [6.07, 6.45) is 0.686. The van der Waals surface area contributed by atoms with Crippen LogP contribution in [0.3, 0.4) is 0 Å². The van der Waals surface area contributed by atoms with Gasteiger partial charge in [-0.15, -0.1) is 11.6 Å². The maximum absolute atomic E-state index is 11.9. The van der Waals surface area contributed by atoms with Crippen LogP contribution in [0, 0.1) is 0 Å². The zero-order chi connectivity index (χ0) is 17.2. The summed E-state index contributed by atoms with van der Waals surface area (Å²) in [6.45, 7) is -2.44. The van der Waals surface area contributed by atoms with Crippen LogP contribution in [0.25, 0.3) is 0 Å². The molecule has 0 aliphatic rings. The predicted molar refractivity (Wildman–Crippen MR) is 77.4 cm³/mol. The number of halogens is 2. The van der Waals surface area contributed by atoms with Crippen LogP contribution in [0.1, 0.15) is 23.8 Å². The number of alkyl halides is 2. The molecule has 0 radical (unpaired) electrons. The molecule has 0 unspecified atom stereocenters. The van der Waals surface area contributed by atoms with Crippen molar-refractivity contribution in [1.82, 2.24) is 16.0 Å². The normalized spacial score (nSPS) is 14.5. The Morgan fingerprint density at radius 3 is 2.63 bits per heavy atom. The van der Waals surface area contributed by atoms with Crippen molar-refractivity contribution in [3.05, 3.63) is 0 Å². The van der Waals surface area contributed by atoms with E-state index in [9.17, 15) is 14.4 Å². The van der Waals surface area contributed by atoms with Gasteiger partial charge in [0.05, 0.1) is 5.33 Å². The minimum Gasteiger partial charge on any atom is -0.355 e. The average molecular weight is 360 g/mol. The van der Waals surface area contributed by atoms with Crippen molar-refractivity contribution in [3.8, 4) is 0 Å². The van der Waals surface area contributed by atoms with Crippen LogP contribution in [0.4, 0.5) is 0 Å². The Hall–Kier alpha value is -0.820. The lowest BCUT2D eigenvalue weighted by Crippen LogP contribution is -2.47. The van der Waals surface area contributed by atoms with Crippen LogP contribution < -0.4 is 16.0 Å². The molecule has 0 spiro atoms. The van der Waals surface area contributed by atoms with Crippen molar-refractivity contribution >= 4 is 45.3 Å². The van der Waals surface area contributed by atoms with Gasteiger partial charge in [-0.1, -0.05) is 15.9 Å². The minimum atomic E-state index is -2.29. The van der Waals surface area contributed by atoms with E-state index in [1.165, 1.54) is 0 Å². The fourth-order valence-corrected chi connectivity index (χ4v) is 1.57. The summed E-state index contributed by atoms with van der Waals surface area (Å²) in [5, 5.41) is 7.46. The number of amides is 3. The zero-order valence-electron chi connectivity index (χ0n) is 13.3. The van der Waals surface area contributed by atoms with Gasteiger partial charge in [0.15, 0.2) is 0 Å². The Morgan fingerprint density at radius 2 is 2.05 bits per heavy atom. The van der Waals surface area contributed by atoms with E-state index in [0.717, 1.165) is 0 Å². The molecule has 110 valence electrons. The molecule has 1 atom stereocenters. The third kappa shape index (κ3) is 8.83. The van der Waals surface area contributed by atoms with Crippen LogP contribution in [0.2, 0.25) is 0 Å². The van der Waals surface area contributed by atoms with Crippen LogP contribution in [0.5, 0.6) is 0 Å². The van der Waals surface area contributed by atoms with E-state index in [1.54, 1.807) is 0 Å². The van der Waals surface area contributed by atoms with Gasteiger partial charge < -0.3 is 16.0 Å². The number of rotatable bonds is 9. The molecular formula is C11H19BrClN3O3. The monoisotopic (exact) mass is 358 g/mol. The predicted octanol–water partition coefficient (Wildman–Crippen LogP) is 0.137. The molecule has 0 aliphatic heterocycles. The molecule has 6 nitrogen and oxygen atoms in total. The molecule has 0 bridgehead atoms. The van der Waals surface area contributed by atoms with E-state index in [4.69, 9.17) is 15.7 Å². The highest BCUT2D eigenvalue weighted by Gasteiger charge is 2.19. The first kappa shape index (κ1) is 13.2. The third-order valence-electron chi connectivity index (χ3n) is 2.15. The van der Waals surface area contributed by atoms with E-state index >= 15 is 0 Å². The van der Waals surface area contributed by atoms with E-state index in [2.05, 4.69) is 31.9 Å². The second-order valence-corrected chi connectivity index (χ2v) is 4.43. The first-order chi connectivity index (χ1) is 10.2. The number of hydrogen-bond donors (Lipinski definition) is 3. The Bertz CT molecular complexity index is 397. The van der Waals surface area contributed by atoms with E-state index in [-0.39, 0.29) is 23.5 Å². The molecule has 0 aliphatic carbocycles. The maximum atomic E-state index is 11.9. The number of carbonyl (C=O) groups is 3. The summed E-state index contributed by atoms with van der Waals surface area (Å²) in [7, 11) is 0. The third-order valence-corrected chi connectivity index (χ3v) is 2.90. The molecule has 0 heterocycles. The quantitative estimate of drug-likeness (QED) is 0.404. The fraction of sp³-hybridized carbons (Fsp3) is 0.727. The summed E-state index contributed by atoms with van der Waals surface area (Å²) in [6, 6.07) is -0.894. The lowest BCUT2D eigenvalue weighted by molar-refractivity contribution is -0.128. The van der Waals surface area contributed by atoms with Crippen LogP contribution >= 0.6 is 27.5 Å². The summed E-state index contributed by atoms with van der Waals surface area (Å²) >= 11 is 8.38. The SMILES string of the molecule is [2H]C([2H])([2H])CNC(=O)[C@H](CCCNC(=O)CBr)NC(=O)CCl. The van der Waals surface area contributed by atoms with E-state index in [1.807, 2.05) is 0 Å². The molecule has 0 aromatic heterocycles. The fourth-order valence-electron chi connectivity index (χ4n) is 1.29. The number of carbonyl (C=O) groups excluding carboxylic acids is 3. The van der Waals surface area contributed by atoms with Gasteiger partial charge >= 0.3 is 0 Å². The Kier molecular flexibility index (Phi) is 7.66. The molecule has 0 saturated carbocycles. The smallest absolute Gasteiger partial charge is 0.242 e. The molecule has 0 fully saturated rings. The molecule has 19 heavy (non-hydrogen) atoms. The van der Waals surface area contributed by atoms with Crippen LogP contribution in [-0.4, -0.2) is 48.1 Å². The van der Waals surface area contributed by atoms with E-state index in [0.29, 0.717) is 13.0 Å². The molecule has 0 saturated heterocycles. The summed E-state index contributed by atoms with van der Waals surface area (Å²) < 4.78 is 21.1. The first-order valence-electron chi connectivity index (χ1n) is 7.15. The highest BCUT2D eigenvalue weighted by atomic mass is 79.9. The lowest BCUT2D eigenvalue weighted by atomic mass is 10.1. The van der Waals surface area contributed by atoms with Gasteiger partial charge in [0.2, 0.25) is 17.7 Å². The number of likely N-dealkylation sites (N-methyl/N-ethyl adjacent to an activating group) is 1. The highest BCUT2D eigenvalue weighted by molar-refractivity contribution is 9.09. The van der Waals surface area contributed by atoms with Gasteiger partial charge in [0.25, 0.3) is 0 Å². The zero-order valence-corrected chi connectivity index (χ0v) is 12.6. The van der Waals surface area contributed by atoms with Crippen molar-refractivity contribution in [1.29, 1.82) is 0 Å². The summed E-state index contributed by atoms with van der Waals surface area (Å²) in [4.78, 5) is 34.3. The molecule has 3 N–H and O–H groups in total. The van der Waals surface area contributed by atoms with Gasteiger partial charge in [-0.2, -0.15) is 0 Å². The Balaban J connectivity index is 4.39. The standard InChI is InChI=1S/C11H19BrClN3O3/c1-2-14-11(19)8(16-10(18)7-13)4-3-5-15-9(17)6-12/h8H,2-7H2,1H3,(H,14,19)(H,15,17)(H,16,18)/t8-/m0/s1/i1D3. The molecular weight excluding hydrogens is 337 g/mol. The van der Waals surface area contributed by atoms with E-state index < -0.39 is 31.3 Å². The summed E-state index contributed by atoms with van der Waals surface area (Å²) in [5.41, 5.74) is 0. The van der Waals surface area contributed by atoms with Crippen LogP contribution in [0.15, 0.2) is 0 Å². The average Bonchev–Trinajstić information content (AvgIpc) is 2.46. The second-order valence-electron chi connectivity index (χ2n) is 3.60. The van der Waals surface area contributed by atoms with Gasteiger partial charge in [0, 0.05) is 17.2 Å². The van der Waals surface area contributed by atoms with Crippen LogP contribution in [-0.2, 0) is 14.4 Å². The molecule has 3 amide bonds. The van der Waals surface area contributed by atoms with Gasteiger partial charge in [-0.3, -0.25) is 14.4 Å². The molecule has 8 heteroatoms. The Labute approximate surface area is 130 Å². The number of hydrogen-bond acceptors (Lipinski definition) is 3. The number of nitrogens with one attached hydrogen (secondary N) is 3. The Morgan fingerprint density at radius 1 is 1.32 bits per heavy atom. The van der Waals surface area contributed by atoms with Gasteiger partial charge in [0.1, 0.15) is 11.9 Å². The second kappa shape index (κ2) is 11.0. The van der Waals surface area contributed by atoms with Crippen molar-refractivity contribution in [3.63, 3.8) is 0 Å². The maximum Gasteiger partial charge on any atom is 0.242 e. The van der Waals surface area contributed by atoms with Crippen molar-refractivity contribution in [2.75, 3.05) is 24.3 Å². The first-order valence-corrected chi connectivity index (χ1v) is 7.31. The largest absolute Gasteiger partial charge is 0.355 e. The summed E-state index contributed by atoms with van der Waals surface area (Å²) in [5.74, 6) is -1.61. The molecule has 0 aromatic carbocycles. The minimum absolute atomic E-state index is 0.179.